The van der Waals surface area contributed by atoms with Crippen molar-refractivity contribution in [3.05, 3.63) is 95.1 Å². The summed E-state index contributed by atoms with van der Waals surface area (Å²) >= 11 is 0. The molecule has 0 bridgehead atoms. The quantitative estimate of drug-likeness (QED) is 0.665. The second-order valence-electron chi connectivity index (χ2n) is 7.47. The van der Waals surface area contributed by atoms with E-state index in [4.69, 9.17) is 4.74 Å². The van der Waals surface area contributed by atoms with Crippen LogP contribution in [0.4, 0.5) is 5.69 Å². The van der Waals surface area contributed by atoms with E-state index in [1.54, 1.807) is 7.11 Å². The molecule has 0 radical (unpaired) electrons. The van der Waals surface area contributed by atoms with E-state index < -0.39 is 0 Å². The molecule has 0 unspecified atom stereocenters. The molecule has 1 aliphatic heterocycles. The third-order valence-corrected chi connectivity index (χ3v) is 5.54. The zero-order valence-corrected chi connectivity index (χ0v) is 16.9. The summed E-state index contributed by atoms with van der Waals surface area (Å²) in [6, 6.07) is 24.2. The van der Waals surface area contributed by atoms with Crippen LogP contribution in [0.3, 0.4) is 0 Å². The smallest absolute Gasteiger partial charge is 0.251 e. The Morgan fingerprint density at radius 1 is 1.03 bits per heavy atom. The SMILES string of the molecule is COc1ccc([C@@H](C)NC(=O)c2ccc(CN3CCc4ccccc43)cc2)cc1. The third-order valence-electron chi connectivity index (χ3n) is 5.54. The van der Waals surface area contributed by atoms with Gasteiger partial charge in [-0.25, -0.2) is 0 Å². The molecule has 1 aliphatic rings. The number of benzene rings is 3. The lowest BCUT2D eigenvalue weighted by Crippen LogP contribution is -2.26. The summed E-state index contributed by atoms with van der Waals surface area (Å²) < 4.78 is 5.19. The van der Waals surface area contributed by atoms with Gasteiger partial charge in [-0.05, 0) is 60.4 Å². The Bertz CT molecular complexity index is 980. The highest BCUT2D eigenvalue weighted by molar-refractivity contribution is 5.94. The summed E-state index contributed by atoms with van der Waals surface area (Å²) in [7, 11) is 1.65. The van der Waals surface area contributed by atoms with Gasteiger partial charge in [-0.15, -0.1) is 0 Å². The van der Waals surface area contributed by atoms with Gasteiger partial charge in [0.1, 0.15) is 5.75 Å². The number of ether oxygens (including phenoxy) is 1. The topological polar surface area (TPSA) is 41.6 Å². The van der Waals surface area contributed by atoms with Crippen molar-refractivity contribution in [1.82, 2.24) is 5.32 Å². The average Bonchev–Trinajstić information content (AvgIpc) is 3.17. The van der Waals surface area contributed by atoms with Gasteiger partial charge in [-0.3, -0.25) is 4.79 Å². The van der Waals surface area contributed by atoms with Crippen LogP contribution in [-0.2, 0) is 13.0 Å². The number of hydrogen-bond acceptors (Lipinski definition) is 3. The summed E-state index contributed by atoms with van der Waals surface area (Å²) in [4.78, 5) is 15.0. The molecule has 3 aromatic carbocycles. The molecular weight excluding hydrogens is 360 g/mol. The molecule has 0 spiro atoms. The van der Waals surface area contributed by atoms with Crippen molar-refractivity contribution < 1.29 is 9.53 Å². The van der Waals surface area contributed by atoms with E-state index >= 15 is 0 Å². The molecule has 1 atom stereocenters. The van der Waals surface area contributed by atoms with Crippen LogP contribution in [0.15, 0.2) is 72.8 Å². The number of carbonyl (C=O) groups excluding carboxylic acids is 1. The zero-order chi connectivity index (χ0) is 20.2. The van der Waals surface area contributed by atoms with E-state index in [2.05, 4.69) is 34.5 Å². The van der Waals surface area contributed by atoms with Gasteiger partial charge in [0, 0.05) is 24.3 Å². The number of nitrogens with zero attached hydrogens (tertiary/aromatic N) is 1. The predicted molar refractivity (Wildman–Crippen MR) is 117 cm³/mol. The summed E-state index contributed by atoms with van der Waals surface area (Å²) in [5.74, 6) is 0.745. The number of fused-ring (bicyclic) bond motifs is 1. The summed E-state index contributed by atoms with van der Waals surface area (Å²) in [5, 5.41) is 3.07. The Balaban J connectivity index is 1.38. The fourth-order valence-corrected chi connectivity index (χ4v) is 3.81. The lowest BCUT2D eigenvalue weighted by molar-refractivity contribution is 0.0940. The highest BCUT2D eigenvalue weighted by Crippen LogP contribution is 2.28. The van der Waals surface area contributed by atoms with Crippen LogP contribution >= 0.6 is 0 Å². The molecule has 4 heteroatoms. The largest absolute Gasteiger partial charge is 0.497 e. The molecule has 148 valence electrons. The first-order chi connectivity index (χ1) is 14.1. The van der Waals surface area contributed by atoms with Crippen LogP contribution in [-0.4, -0.2) is 19.6 Å². The van der Waals surface area contributed by atoms with Gasteiger partial charge < -0.3 is 15.0 Å². The molecule has 1 amide bonds. The van der Waals surface area contributed by atoms with Crippen LogP contribution in [0.5, 0.6) is 5.75 Å². The molecule has 0 aliphatic carbocycles. The maximum atomic E-state index is 12.6. The van der Waals surface area contributed by atoms with Crippen LogP contribution in [0.1, 0.15) is 40.0 Å². The van der Waals surface area contributed by atoms with Crippen molar-refractivity contribution in [3.8, 4) is 5.75 Å². The molecule has 0 fully saturated rings. The second kappa shape index (κ2) is 8.39. The minimum absolute atomic E-state index is 0.0635. The van der Waals surface area contributed by atoms with E-state index in [0.29, 0.717) is 5.56 Å². The van der Waals surface area contributed by atoms with Crippen molar-refractivity contribution in [3.63, 3.8) is 0 Å². The monoisotopic (exact) mass is 386 g/mol. The molecule has 1 N–H and O–H groups in total. The fraction of sp³-hybridized carbons (Fsp3) is 0.240. The Kier molecular flexibility index (Phi) is 5.52. The first kappa shape index (κ1) is 19.1. The maximum absolute atomic E-state index is 12.6. The van der Waals surface area contributed by atoms with Crippen molar-refractivity contribution in [1.29, 1.82) is 0 Å². The first-order valence-electron chi connectivity index (χ1n) is 10.0. The van der Waals surface area contributed by atoms with Crippen LogP contribution in [0.2, 0.25) is 0 Å². The maximum Gasteiger partial charge on any atom is 0.251 e. The Hall–Kier alpha value is -3.27. The van der Waals surface area contributed by atoms with Gasteiger partial charge in [0.05, 0.1) is 13.2 Å². The number of methoxy groups -OCH3 is 1. The minimum Gasteiger partial charge on any atom is -0.497 e. The molecule has 1 heterocycles. The number of amides is 1. The number of rotatable bonds is 6. The summed E-state index contributed by atoms with van der Waals surface area (Å²) in [6.45, 7) is 3.89. The molecular formula is C25H26N2O2. The van der Waals surface area contributed by atoms with Crippen LogP contribution in [0.25, 0.3) is 0 Å². The Morgan fingerprint density at radius 3 is 2.48 bits per heavy atom. The molecule has 4 rings (SSSR count). The first-order valence-corrected chi connectivity index (χ1v) is 10.0. The predicted octanol–water partition coefficient (Wildman–Crippen LogP) is 4.75. The minimum atomic E-state index is -0.0748. The van der Waals surface area contributed by atoms with Gasteiger partial charge in [-0.1, -0.05) is 42.5 Å². The summed E-state index contributed by atoms with van der Waals surface area (Å²) in [6.07, 6.45) is 1.10. The third kappa shape index (κ3) is 4.27. The van der Waals surface area contributed by atoms with Crippen LogP contribution < -0.4 is 15.0 Å². The van der Waals surface area contributed by atoms with E-state index in [1.807, 2.05) is 55.5 Å². The molecule has 0 aromatic heterocycles. The normalized spacial score (nSPS) is 13.7. The molecule has 4 nitrogen and oxygen atoms in total. The van der Waals surface area contributed by atoms with Crippen molar-refractivity contribution in [2.75, 3.05) is 18.6 Å². The summed E-state index contributed by atoms with van der Waals surface area (Å²) in [5.41, 5.74) is 5.67. The molecule has 29 heavy (non-hydrogen) atoms. The van der Waals surface area contributed by atoms with Gasteiger partial charge in [0.15, 0.2) is 0 Å². The van der Waals surface area contributed by atoms with Gasteiger partial charge in [0.2, 0.25) is 0 Å². The average molecular weight is 386 g/mol. The van der Waals surface area contributed by atoms with Gasteiger partial charge in [0.25, 0.3) is 5.91 Å². The van der Waals surface area contributed by atoms with Crippen molar-refractivity contribution in [2.45, 2.75) is 25.9 Å². The Labute approximate surface area is 172 Å². The van der Waals surface area contributed by atoms with Gasteiger partial charge >= 0.3 is 0 Å². The fourth-order valence-electron chi connectivity index (χ4n) is 3.81. The number of nitrogens with one attached hydrogen (secondary N) is 1. The van der Waals surface area contributed by atoms with Crippen LogP contribution in [0, 0.1) is 0 Å². The van der Waals surface area contributed by atoms with Crippen molar-refractivity contribution >= 4 is 11.6 Å². The van der Waals surface area contributed by atoms with Crippen molar-refractivity contribution in [2.24, 2.45) is 0 Å². The molecule has 3 aromatic rings. The van der Waals surface area contributed by atoms with E-state index in [1.165, 1.54) is 16.8 Å². The Morgan fingerprint density at radius 2 is 1.76 bits per heavy atom. The number of carbonyl (C=O) groups is 1. The highest BCUT2D eigenvalue weighted by Gasteiger charge is 2.18. The molecule has 0 saturated heterocycles. The van der Waals surface area contributed by atoms with E-state index in [0.717, 1.165) is 30.8 Å². The number of hydrogen-bond donors (Lipinski definition) is 1. The zero-order valence-electron chi connectivity index (χ0n) is 16.9. The molecule has 0 saturated carbocycles. The lowest BCUT2D eigenvalue weighted by atomic mass is 10.1. The lowest BCUT2D eigenvalue weighted by Gasteiger charge is -2.19. The van der Waals surface area contributed by atoms with E-state index in [-0.39, 0.29) is 11.9 Å². The number of para-hydroxylation sites is 1. The standard InChI is InChI=1S/C25H26N2O2/c1-18(20-11-13-23(29-2)14-12-20)26-25(28)22-9-7-19(8-10-22)17-27-16-15-21-5-3-4-6-24(21)27/h3-14,18H,15-17H2,1-2H3,(H,26,28)/t18-/m1/s1. The highest BCUT2D eigenvalue weighted by atomic mass is 16.5. The number of anilines is 1. The van der Waals surface area contributed by atoms with Gasteiger partial charge in [-0.2, -0.15) is 0 Å². The second-order valence-corrected chi connectivity index (χ2v) is 7.47. The van der Waals surface area contributed by atoms with E-state index in [9.17, 15) is 4.79 Å².